The van der Waals surface area contributed by atoms with Crippen molar-refractivity contribution in [2.24, 2.45) is 5.92 Å². The van der Waals surface area contributed by atoms with E-state index in [0.717, 1.165) is 38.2 Å². The molecule has 250 valence electrons. The van der Waals surface area contributed by atoms with Crippen LogP contribution in [0.4, 0.5) is 13.2 Å². The third-order valence-electron chi connectivity index (χ3n) is 8.05. The number of carbonyl (C=O) groups is 2. The first kappa shape index (κ1) is 35.3. The van der Waals surface area contributed by atoms with E-state index in [9.17, 15) is 32.7 Å². The fraction of sp³-hybridized carbons (Fsp3) is 0.400. The van der Waals surface area contributed by atoms with Gasteiger partial charge in [-0.15, -0.1) is 0 Å². The van der Waals surface area contributed by atoms with Crippen molar-refractivity contribution in [3.63, 3.8) is 0 Å². The van der Waals surface area contributed by atoms with Gasteiger partial charge in [0.15, 0.2) is 0 Å². The number of hydrogen-bond donors (Lipinski definition) is 2. The predicted molar refractivity (Wildman–Crippen MR) is 174 cm³/mol. The van der Waals surface area contributed by atoms with Crippen molar-refractivity contribution in [1.82, 2.24) is 24.8 Å². The zero-order chi connectivity index (χ0) is 34.6. The molecule has 0 fully saturated rings. The molecule has 4 aromatic rings. The summed E-state index contributed by atoms with van der Waals surface area (Å²) in [7, 11) is 3.45. The number of likely N-dealkylation sites (N-methyl/N-ethyl adjacent to an activating group) is 1. The fourth-order valence-electron chi connectivity index (χ4n) is 5.77. The Morgan fingerprint density at radius 3 is 2.36 bits per heavy atom. The lowest BCUT2D eigenvalue weighted by atomic mass is 9.95. The van der Waals surface area contributed by atoms with E-state index in [1.807, 2.05) is 45.9 Å². The molecule has 4 rings (SSSR count). The first-order valence-corrected chi connectivity index (χ1v) is 15.4. The fourth-order valence-corrected chi connectivity index (χ4v) is 5.77. The number of rotatable bonds is 12. The van der Waals surface area contributed by atoms with Crippen LogP contribution in [0.3, 0.4) is 0 Å². The van der Waals surface area contributed by atoms with E-state index in [2.05, 4.69) is 10.3 Å². The molecule has 1 amide bonds. The number of hydrogen-bond acceptors (Lipinski definition) is 6. The lowest BCUT2D eigenvalue weighted by molar-refractivity contribution is -0.139. The minimum absolute atomic E-state index is 0.00323. The number of amides is 1. The van der Waals surface area contributed by atoms with Crippen molar-refractivity contribution < 1.29 is 27.9 Å². The number of nitrogens with one attached hydrogen (secondary N) is 1. The topological polar surface area (TPSA) is 117 Å². The van der Waals surface area contributed by atoms with Gasteiger partial charge in [0.25, 0.3) is 5.56 Å². The average Bonchev–Trinajstić information content (AvgIpc) is 2.97. The SMILES string of the molecule is Cc1cccc(C)c1-c1nc(C(CC(=O)O)NC(=O)C(CC(C)C)n2cc(CCN(C)C)c(C(F)(F)F)cc2=O)cc2ccncc12. The predicted octanol–water partition coefficient (Wildman–Crippen LogP) is 6.12. The molecule has 0 aliphatic carbocycles. The smallest absolute Gasteiger partial charge is 0.416 e. The highest BCUT2D eigenvalue weighted by Gasteiger charge is 2.36. The van der Waals surface area contributed by atoms with Gasteiger partial charge in [-0.1, -0.05) is 32.0 Å². The van der Waals surface area contributed by atoms with Crippen LogP contribution < -0.4 is 10.9 Å². The highest BCUT2D eigenvalue weighted by molar-refractivity contribution is 5.96. The van der Waals surface area contributed by atoms with Crippen LogP contribution in [-0.4, -0.2) is 57.1 Å². The number of halogens is 3. The van der Waals surface area contributed by atoms with Crippen molar-refractivity contribution in [2.45, 2.75) is 65.2 Å². The molecule has 3 heterocycles. The molecule has 0 aliphatic heterocycles. The number of carboxylic acid groups (broad SMARTS) is 1. The van der Waals surface area contributed by atoms with E-state index in [4.69, 9.17) is 4.98 Å². The number of alkyl halides is 3. The summed E-state index contributed by atoms with van der Waals surface area (Å²) in [6, 6.07) is 7.50. The maximum atomic E-state index is 14.1. The summed E-state index contributed by atoms with van der Waals surface area (Å²) in [6.45, 7) is 7.83. The molecular formula is C35H40F3N5O4. The van der Waals surface area contributed by atoms with Crippen LogP contribution in [0.5, 0.6) is 0 Å². The molecule has 0 aliphatic rings. The average molecular weight is 652 g/mol. The van der Waals surface area contributed by atoms with Gasteiger partial charge in [-0.25, -0.2) is 4.98 Å². The number of aliphatic carboxylic acids is 1. The number of nitrogens with zero attached hydrogens (tertiary/aromatic N) is 4. The van der Waals surface area contributed by atoms with Crippen molar-refractivity contribution in [1.29, 1.82) is 0 Å². The number of aromatic nitrogens is 3. The van der Waals surface area contributed by atoms with Gasteiger partial charge in [0, 0.05) is 42.2 Å². The Labute approximate surface area is 271 Å². The van der Waals surface area contributed by atoms with Crippen molar-refractivity contribution in [3.05, 3.63) is 93.3 Å². The Bertz CT molecular complexity index is 1810. The second-order valence-corrected chi connectivity index (χ2v) is 12.6. The molecular weight excluding hydrogens is 611 g/mol. The van der Waals surface area contributed by atoms with Gasteiger partial charge in [-0.3, -0.25) is 19.4 Å². The van der Waals surface area contributed by atoms with Gasteiger partial charge in [0.2, 0.25) is 5.91 Å². The Morgan fingerprint density at radius 2 is 1.77 bits per heavy atom. The lowest BCUT2D eigenvalue weighted by Crippen LogP contribution is -2.41. The zero-order valence-electron chi connectivity index (χ0n) is 27.4. The van der Waals surface area contributed by atoms with E-state index in [-0.39, 0.29) is 36.6 Å². The maximum Gasteiger partial charge on any atom is 0.416 e. The molecule has 0 spiro atoms. The first-order chi connectivity index (χ1) is 22.1. The van der Waals surface area contributed by atoms with Crippen molar-refractivity contribution >= 4 is 22.6 Å². The Hall–Kier alpha value is -4.58. The van der Waals surface area contributed by atoms with Crippen LogP contribution in [-0.2, 0) is 22.2 Å². The normalized spacial score (nSPS) is 13.3. The highest BCUT2D eigenvalue weighted by atomic mass is 19.4. The summed E-state index contributed by atoms with van der Waals surface area (Å²) >= 11 is 0. The highest BCUT2D eigenvalue weighted by Crippen LogP contribution is 2.35. The molecule has 47 heavy (non-hydrogen) atoms. The molecule has 0 radical (unpaired) electrons. The lowest BCUT2D eigenvalue weighted by Gasteiger charge is -2.26. The second-order valence-electron chi connectivity index (χ2n) is 12.6. The number of fused-ring (bicyclic) bond motifs is 1. The number of carbonyl (C=O) groups excluding carboxylic acids is 1. The third-order valence-corrected chi connectivity index (χ3v) is 8.05. The second kappa shape index (κ2) is 14.5. The summed E-state index contributed by atoms with van der Waals surface area (Å²) in [5.41, 5.74) is 1.48. The van der Waals surface area contributed by atoms with Gasteiger partial charge < -0.3 is 19.9 Å². The Morgan fingerprint density at radius 1 is 1.09 bits per heavy atom. The molecule has 0 saturated heterocycles. The van der Waals surface area contributed by atoms with Crippen LogP contribution in [0.15, 0.2) is 59.8 Å². The minimum Gasteiger partial charge on any atom is -0.481 e. The van der Waals surface area contributed by atoms with Gasteiger partial charge in [0.1, 0.15) is 6.04 Å². The van der Waals surface area contributed by atoms with E-state index in [1.165, 1.54) is 0 Å². The Balaban J connectivity index is 1.83. The molecule has 1 aromatic carbocycles. The van der Waals surface area contributed by atoms with Crippen LogP contribution in [0, 0.1) is 19.8 Å². The Kier molecular flexibility index (Phi) is 10.9. The van der Waals surface area contributed by atoms with Crippen LogP contribution in [0.25, 0.3) is 22.0 Å². The number of aryl methyl sites for hydroxylation is 2. The van der Waals surface area contributed by atoms with Crippen LogP contribution in [0.2, 0.25) is 0 Å². The maximum absolute atomic E-state index is 14.1. The van der Waals surface area contributed by atoms with E-state index < -0.39 is 47.7 Å². The van der Waals surface area contributed by atoms with Gasteiger partial charge in [-0.2, -0.15) is 13.2 Å². The van der Waals surface area contributed by atoms with Crippen LogP contribution >= 0.6 is 0 Å². The standard InChI is InChI=1S/C35H40F3N5O4/c1-20(2)14-29(43-19-24(11-13-42(5)6)26(16-30(43)44)35(36,37)38)34(47)41-28(17-31(45)46)27-15-23-10-12-39-18-25(23)33(40-27)32-21(3)8-7-9-22(32)4/h7-10,12,15-16,18-20,28-29H,11,13-14,17H2,1-6H3,(H,41,47)(H,45,46). The summed E-state index contributed by atoms with van der Waals surface area (Å²) in [4.78, 5) is 50.2. The third kappa shape index (κ3) is 8.42. The van der Waals surface area contributed by atoms with E-state index in [1.54, 1.807) is 43.5 Å². The first-order valence-electron chi connectivity index (χ1n) is 15.4. The number of benzene rings is 1. The van der Waals surface area contributed by atoms with Crippen molar-refractivity contribution in [3.8, 4) is 11.3 Å². The molecule has 2 N–H and O–H groups in total. The van der Waals surface area contributed by atoms with Crippen molar-refractivity contribution in [2.75, 3.05) is 20.6 Å². The summed E-state index contributed by atoms with van der Waals surface area (Å²) in [6.07, 6.45) is -0.756. The largest absolute Gasteiger partial charge is 0.481 e. The summed E-state index contributed by atoms with van der Waals surface area (Å²) in [5.74, 6) is -2.03. The summed E-state index contributed by atoms with van der Waals surface area (Å²) < 4.78 is 42.9. The molecule has 0 saturated carbocycles. The monoisotopic (exact) mass is 651 g/mol. The van der Waals surface area contributed by atoms with E-state index >= 15 is 0 Å². The van der Waals surface area contributed by atoms with E-state index in [0.29, 0.717) is 11.8 Å². The number of carboxylic acids is 1. The molecule has 0 bridgehead atoms. The molecule has 12 heteroatoms. The molecule has 2 atom stereocenters. The zero-order valence-corrected chi connectivity index (χ0v) is 27.4. The quantitative estimate of drug-likeness (QED) is 0.190. The molecule has 3 aromatic heterocycles. The van der Waals surface area contributed by atoms with Gasteiger partial charge >= 0.3 is 12.1 Å². The summed E-state index contributed by atoms with van der Waals surface area (Å²) in [5, 5.41) is 14.2. The number of pyridine rings is 3. The van der Waals surface area contributed by atoms with Crippen LogP contribution in [0.1, 0.15) is 66.7 Å². The molecule has 9 nitrogen and oxygen atoms in total. The van der Waals surface area contributed by atoms with Gasteiger partial charge in [-0.05, 0) is 80.9 Å². The van der Waals surface area contributed by atoms with Gasteiger partial charge in [0.05, 0.1) is 29.4 Å². The minimum atomic E-state index is -4.76. The molecule has 2 unspecified atom stereocenters.